The molecule has 0 unspecified atom stereocenters. The maximum Gasteiger partial charge on any atom is 0.240 e. The normalized spacial score (nSPS) is 10.3. The molecule has 1 N–H and O–H groups in total. The second kappa shape index (κ2) is 7.65. The van der Waals surface area contributed by atoms with Gasteiger partial charge < -0.3 is 10.2 Å². The van der Waals surface area contributed by atoms with Crippen molar-refractivity contribution in [3.05, 3.63) is 24.7 Å². The lowest BCUT2D eigenvalue weighted by atomic mass is 10.3. The lowest BCUT2D eigenvalue weighted by Crippen LogP contribution is -2.24. The molecule has 0 aromatic carbocycles. The Hall–Kier alpha value is -2.28. The summed E-state index contributed by atoms with van der Waals surface area (Å²) in [6.07, 6.45) is 4.90. The largest absolute Gasteiger partial charge is 0.341 e. The summed E-state index contributed by atoms with van der Waals surface area (Å²) in [5.74, 6) is 1.06. The van der Waals surface area contributed by atoms with E-state index in [1.165, 1.54) is 0 Å². The van der Waals surface area contributed by atoms with E-state index in [1.54, 1.807) is 24.7 Å². The van der Waals surface area contributed by atoms with Crippen molar-refractivity contribution in [2.75, 3.05) is 29.2 Å². The van der Waals surface area contributed by atoms with Crippen molar-refractivity contribution in [3.8, 4) is 11.4 Å². The number of halogens is 1. The number of hydrogen-bond donors (Lipinski definition) is 1. The molecule has 0 aliphatic carbocycles. The van der Waals surface area contributed by atoms with Crippen LogP contribution in [0.5, 0.6) is 0 Å². The fourth-order valence-corrected chi connectivity index (χ4v) is 1.92. The summed E-state index contributed by atoms with van der Waals surface area (Å²) in [5.41, 5.74) is 0.679. The van der Waals surface area contributed by atoms with Crippen LogP contribution < -0.4 is 10.2 Å². The summed E-state index contributed by atoms with van der Waals surface area (Å²) in [4.78, 5) is 30.4. The molecule has 0 saturated carbocycles. The Labute approximate surface area is 133 Å². The van der Waals surface area contributed by atoms with Crippen LogP contribution in [-0.4, -0.2) is 44.8 Å². The zero-order valence-corrected chi connectivity index (χ0v) is 13.2. The molecule has 2 heterocycles. The molecule has 0 atom stereocenters. The molecule has 0 radical (unpaired) electrons. The van der Waals surface area contributed by atoms with Crippen LogP contribution in [0, 0.1) is 0 Å². The summed E-state index contributed by atoms with van der Waals surface area (Å²) in [5, 5.41) is 2.58. The molecule has 7 nitrogen and oxygen atoms in total. The van der Waals surface area contributed by atoms with Crippen LogP contribution >= 0.6 is 11.6 Å². The van der Waals surface area contributed by atoms with Gasteiger partial charge in [-0.1, -0.05) is 0 Å². The Bertz CT molecular complexity index is 629. The van der Waals surface area contributed by atoms with E-state index in [1.807, 2.05) is 18.7 Å². The van der Waals surface area contributed by atoms with Crippen LogP contribution in [-0.2, 0) is 4.79 Å². The number of aromatic nitrogens is 4. The smallest absolute Gasteiger partial charge is 0.240 e. The molecule has 0 aliphatic rings. The second-order valence-corrected chi connectivity index (χ2v) is 4.66. The maximum atomic E-state index is 11.3. The first-order chi connectivity index (χ1) is 10.7. The lowest BCUT2D eigenvalue weighted by Gasteiger charge is -2.17. The van der Waals surface area contributed by atoms with Gasteiger partial charge in [-0.05, 0) is 19.9 Å². The quantitative estimate of drug-likeness (QED) is 0.819. The molecule has 0 bridgehead atoms. The highest BCUT2D eigenvalue weighted by Crippen LogP contribution is 2.16. The van der Waals surface area contributed by atoms with Gasteiger partial charge in [0.15, 0.2) is 5.82 Å². The summed E-state index contributed by atoms with van der Waals surface area (Å²) < 4.78 is 0. The number of nitrogens with one attached hydrogen (secondary N) is 1. The Morgan fingerprint density at radius 3 is 2.50 bits per heavy atom. The minimum atomic E-state index is -0.320. The van der Waals surface area contributed by atoms with Crippen LogP contribution in [0.25, 0.3) is 11.4 Å². The Morgan fingerprint density at radius 2 is 1.91 bits per heavy atom. The van der Waals surface area contributed by atoms with E-state index in [-0.39, 0.29) is 11.8 Å². The first-order valence-corrected chi connectivity index (χ1v) is 7.47. The fraction of sp³-hybridized carbons (Fsp3) is 0.357. The van der Waals surface area contributed by atoms with E-state index in [0.29, 0.717) is 23.2 Å². The average Bonchev–Trinajstić information content (AvgIpc) is 2.57. The highest BCUT2D eigenvalue weighted by molar-refractivity contribution is 6.29. The molecule has 2 rings (SSSR count). The van der Waals surface area contributed by atoms with Crippen molar-refractivity contribution < 1.29 is 4.79 Å². The van der Waals surface area contributed by atoms with E-state index in [9.17, 15) is 4.79 Å². The van der Waals surface area contributed by atoms with E-state index in [0.717, 1.165) is 13.1 Å². The van der Waals surface area contributed by atoms with Crippen LogP contribution in [0.1, 0.15) is 13.8 Å². The highest BCUT2D eigenvalue weighted by atomic mass is 35.5. The van der Waals surface area contributed by atoms with Crippen molar-refractivity contribution >= 4 is 29.3 Å². The van der Waals surface area contributed by atoms with Crippen molar-refractivity contribution in [2.24, 2.45) is 0 Å². The zero-order chi connectivity index (χ0) is 15.9. The van der Waals surface area contributed by atoms with Gasteiger partial charge in [0.1, 0.15) is 11.7 Å². The summed E-state index contributed by atoms with van der Waals surface area (Å²) in [6.45, 7) is 5.78. The number of carbonyl (C=O) groups excluding carboxylic acids is 1. The zero-order valence-electron chi connectivity index (χ0n) is 12.5. The molecular formula is C14H17ClN6O. The van der Waals surface area contributed by atoms with Gasteiger partial charge in [-0.3, -0.25) is 4.79 Å². The second-order valence-electron chi connectivity index (χ2n) is 4.39. The van der Waals surface area contributed by atoms with E-state index in [2.05, 4.69) is 25.3 Å². The monoisotopic (exact) mass is 320 g/mol. The first kappa shape index (κ1) is 16.1. The number of carbonyl (C=O) groups is 1. The first-order valence-electron chi connectivity index (χ1n) is 6.94. The van der Waals surface area contributed by atoms with Crippen LogP contribution in [0.4, 0.5) is 11.8 Å². The van der Waals surface area contributed by atoms with Gasteiger partial charge in [0.05, 0.1) is 5.56 Å². The summed E-state index contributed by atoms with van der Waals surface area (Å²) in [6, 6.07) is 1.60. The molecule has 2 aromatic heterocycles. The minimum Gasteiger partial charge on any atom is -0.341 e. The Kier molecular flexibility index (Phi) is 5.60. The molecule has 1 amide bonds. The number of anilines is 2. The summed E-state index contributed by atoms with van der Waals surface area (Å²) in [7, 11) is 0. The van der Waals surface area contributed by atoms with Crippen LogP contribution in [0.15, 0.2) is 24.7 Å². The Balaban J connectivity index is 2.21. The predicted octanol–water partition coefficient (Wildman–Crippen LogP) is 1.96. The van der Waals surface area contributed by atoms with Gasteiger partial charge in [0.2, 0.25) is 11.9 Å². The maximum absolute atomic E-state index is 11.3. The van der Waals surface area contributed by atoms with Crippen molar-refractivity contribution in [1.82, 2.24) is 19.9 Å². The molecule has 2 aromatic rings. The minimum absolute atomic E-state index is 0.124. The number of alkyl halides is 1. The van der Waals surface area contributed by atoms with Crippen molar-refractivity contribution in [1.29, 1.82) is 0 Å². The Morgan fingerprint density at radius 1 is 1.23 bits per heavy atom. The van der Waals surface area contributed by atoms with E-state index < -0.39 is 0 Å². The fourth-order valence-electron chi connectivity index (χ4n) is 1.85. The van der Waals surface area contributed by atoms with Crippen molar-refractivity contribution in [2.45, 2.75) is 13.8 Å². The molecule has 0 saturated heterocycles. The topological polar surface area (TPSA) is 83.9 Å². The number of hydrogen-bond acceptors (Lipinski definition) is 6. The van der Waals surface area contributed by atoms with Crippen molar-refractivity contribution in [3.63, 3.8) is 0 Å². The molecule has 0 fully saturated rings. The molecule has 0 aliphatic heterocycles. The third-order valence-corrected chi connectivity index (χ3v) is 3.23. The van der Waals surface area contributed by atoms with Gasteiger partial charge in [0, 0.05) is 31.7 Å². The average molecular weight is 321 g/mol. The third kappa shape index (κ3) is 3.88. The van der Waals surface area contributed by atoms with E-state index >= 15 is 0 Å². The molecule has 116 valence electrons. The standard InChI is InChI=1S/C14H17ClN6O/c1-3-21(4-2)14-17-8-10(9-18-14)13-16-6-5-11(20-13)19-12(22)7-15/h5-6,8-9H,3-4,7H2,1-2H3,(H,16,19,20,22). The predicted molar refractivity (Wildman–Crippen MR) is 86.0 cm³/mol. The van der Waals surface area contributed by atoms with Gasteiger partial charge in [-0.2, -0.15) is 0 Å². The van der Waals surface area contributed by atoms with Gasteiger partial charge in [0.25, 0.3) is 0 Å². The molecular weight excluding hydrogens is 304 g/mol. The third-order valence-electron chi connectivity index (χ3n) is 2.99. The van der Waals surface area contributed by atoms with Gasteiger partial charge in [-0.25, -0.2) is 19.9 Å². The summed E-state index contributed by atoms with van der Waals surface area (Å²) >= 11 is 5.45. The van der Waals surface area contributed by atoms with Gasteiger partial charge in [-0.15, -0.1) is 11.6 Å². The lowest BCUT2D eigenvalue weighted by molar-refractivity contribution is -0.113. The van der Waals surface area contributed by atoms with Crippen LogP contribution in [0.2, 0.25) is 0 Å². The highest BCUT2D eigenvalue weighted by Gasteiger charge is 2.09. The van der Waals surface area contributed by atoms with Gasteiger partial charge >= 0.3 is 0 Å². The number of amides is 1. The van der Waals surface area contributed by atoms with Crippen LogP contribution in [0.3, 0.4) is 0 Å². The SMILES string of the molecule is CCN(CC)c1ncc(-c2nccc(NC(=O)CCl)n2)cn1. The molecule has 8 heteroatoms. The number of nitrogens with zero attached hydrogens (tertiary/aromatic N) is 5. The molecule has 22 heavy (non-hydrogen) atoms. The molecule has 0 spiro atoms. The number of rotatable bonds is 6. The van der Waals surface area contributed by atoms with E-state index in [4.69, 9.17) is 11.6 Å².